The van der Waals surface area contributed by atoms with Crippen LogP contribution in [0.5, 0.6) is 0 Å². The van der Waals surface area contributed by atoms with Crippen LogP contribution in [0.2, 0.25) is 0 Å². The lowest BCUT2D eigenvalue weighted by Gasteiger charge is -2.24. The van der Waals surface area contributed by atoms with Gasteiger partial charge in [0, 0.05) is 6.42 Å². The molecule has 11 heteroatoms. The van der Waals surface area contributed by atoms with E-state index in [1.54, 1.807) is 0 Å². The molecule has 0 aliphatic heterocycles. The molecular formula is C12H22N4O7. The van der Waals surface area contributed by atoms with Crippen molar-refractivity contribution in [3.8, 4) is 0 Å². The van der Waals surface area contributed by atoms with Gasteiger partial charge in [-0.2, -0.15) is 0 Å². The zero-order chi connectivity index (χ0) is 18.2. The minimum Gasteiger partial charge on any atom is -0.480 e. The smallest absolute Gasteiger partial charge is 0.328 e. The Morgan fingerprint density at radius 3 is 2.09 bits per heavy atom. The molecule has 132 valence electrons. The third-order valence-electron chi connectivity index (χ3n) is 2.90. The van der Waals surface area contributed by atoms with Gasteiger partial charge in [-0.15, -0.1) is 0 Å². The van der Waals surface area contributed by atoms with E-state index in [1.807, 2.05) is 5.32 Å². The standard InChI is InChI=1S/C12H22N4O7/c1-5(18)9(11(21)15-7(4-17)12(22)23)16-10(20)6(13)2-3-8(14)19/h5-7,9,17-18H,2-4,13H2,1H3,(H2,14,19)(H,15,21)(H,16,20)(H,22,23). The number of carbonyl (C=O) groups is 4. The van der Waals surface area contributed by atoms with Crippen molar-refractivity contribution >= 4 is 23.7 Å². The zero-order valence-corrected chi connectivity index (χ0v) is 12.6. The Morgan fingerprint density at radius 1 is 1.13 bits per heavy atom. The van der Waals surface area contributed by atoms with Crippen LogP contribution in [0.1, 0.15) is 19.8 Å². The van der Waals surface area contributed by atoms with E-state index in [4.69, 9.17) is 21.7 Å². The summed E-state index contributed by atoms with van der Waals surface area (Å²) < 4.78 is 0. The van der Waals surface area contributed by atoms with E-state index >= 15 is 0 Å². The Kier molecular flexibility index (Phi) is 8.77. The molecule has 0 fully saturated rings. The molecule has 0 heterocycles. The third kappa shape index (κ3) is 7.54. The highest BCUT2D eigenvalue weighted by atomic mass is 16.4. The minimum absolute atomic E-state index is 0.0519. The number of rotatable bonds is 10. The van der Waals surface area contributed by atoms with Gasteiger partial charge in [0.2, 0.25) is 17.7 Å². The van der Waals surface area contributed by atoms with Crippen molar-refractivity contribution in [2.75, 3.05) is 6.61 Å². The fraction of sp³-hybridized carbons (Fsp3) is 0.667. The summed E-state index contributed by atoms with van der Waals surface area (Å²) in [5.74, 6) is -3.94. The van der Waals surface area contributed by atoms with Crippen LogP contribution < -0.4 is 22.1 Å². The molecule has 3 amide bonds. The third-order valence-corrected chi connectivity index (χ3v) is 2.90. The SMILES string of the molecule is CC(O)C(NC(=O)C(N)CCC(N)=O)C(=O)NC(CO)C(=O)O. The van der Waals surface area contributed by atoms with E-state index < -0.39 is 54.5 Å². The number of hydrogen-bond acceptors (Lipinski definition) is 7. The molecule has 11 nitrogen and oxygen atoms in total. The lowest BCUT2D eigenvalue weighted by molar-refractivity contribution is -0.144. The molecule has 0 saturated heterocycles. The molecule has 0 radical (unpaired) electrons. The first-order chi connectivity index (χ1) is 10.6. The van der Waals surface area contributed by atoms with Gasteiger partial charge in [0.1, 0.15) is 12.1 Å². The quantitative estimate of drug-likeness (QED) is 0.209. The number of aliphatic hydroxyl groups excluding tert-OH is 2. The molecule has 4 atom stereocenters. The number of nitrogens with two attached hydrogens (primary N) is 2. The molecule has 0 rings (SSSR count). The number of carbonyl (C=O) groups excluding carboxylic acids is 3. The maximum atomic E-state index is 11.9. The fourth-order valence-electron chi connectivity index (χ4n) is 1.54. The Bertz CT molecular complexity index is 455. The highest BCUT2D eigenvalue weighted by Gasteiger charge is 2.30. The Hall–Kier alpha value is -2.24. The van der Waals surface area contributed by atoms with E-state index in [9.17, 15) is 24.3 Å². The summed E-state index contributed by atoms with van der Waals surface area (Å²) in [5, 5.41) is 31.3. The summed E-state index contributed by atoms with van der Waals surface area (Å²) in [4.78, 5) is 45.1. The molecule has 0 spiro atoms. The van der Waals surface area contributed by atoms with Gasteiger partial charge in [0.15, 0.2) is 0 Å². The Labute approximate surface area is 132 Å². The largest absolute Gasteiger partial charge is 0.480 e. The summed E-state index contributed by atoms with van der Waals surface area (Å²) in [6.07, 6.45) is -1.54. The summed E-state index contributed by atoms with van der Waals surface area (Å²) in [5.41, 5.74) is 10.4. The molecule has 0 aliphatic carbocycles. The molecule has 4 unspecified atom stereocenters. The van der Waals surface area contributed by atoms with E-state index in [0.29, 0.717) is 0 Å². The second-order valence-corrected chi connectivity index (χ2v) is 4.92. The summed E-state index contributed by atoms with van der Waals surface area (Å²) in [7, 11) is 0. The van der Waals surface area contributed by atoms with Crippen molar-refractivity contribution in [1.82, 2.24) is 10.6 Å². The van der Waals surface area contributed by atoms with Crippen LogP contribution in [0.4, 0.5) is 0 Å². The molecular weight excluding hydrogens is 312 g/mol. The van der Waals surface area contributed by atoms with Crippen LogP contribution in [0.15, 0.2) is 0 Å². The summed E-state index contributed by atoms with van der Waals surface area (Å²) >= 11 is 0. The maximum absolute atomic E-state index is 11.9. The maximum Gasteiger partial charge on any atom is 0.328 e. The van der Waals surface area contributed by atoms with Crippen LogP contribution in [-0.4, -0.2) is 69.8 Å². The van der Waals surface area contributed by atoms with Crippen molar-refractivity contribution in [2.45, 2.75) is 44.0 Å². The molecule has 0 saturated carbocycles. The first-order valence-corrected chi connectivity index (χ1v) is 6.76. The fourth-order valence-corrected chi connectivity index (χ4v) is 1.54. The average Bonchev–Trinajstić information content (AvgIpc) is 2.46. The number of aliphatic carboxylic acids is 1. The van der Waals surface area contributed by atoms with Crippen LogP contribution in [0, 0.1) is 0 Å². The molecule has 23 heavy (non-hydrogen) atoms. The number of carboxylic acids is 1. The molecule has 0 aliphatic rings. The van der Waals surface area contributed by atoms with Crippen LogP contribution >= 0.6 is 0 Å². The van der Waals surface area contributed by atoms with Gasteiger partial charge in [0.25, 0.3) is 0 Å². The molecule has 9 N–H and O–H groups in total. The predicted molar refractivity (Wildman–Crippen MR) is 76.7 cm³/mol. The van der Waals surface area contributed by atoms with Crippen molar-refractivity contribution in [3.05, 3.63) is 0 Å². The normalized spacial score (nSPS) is 15.8. The summed E-state index contributed by atoms with van der Waals surface area (Å²) in [6, 6.07) is -4.19. The van der Waals surface area contributed by atoms with Crippen LogP contribution in [-0.2, 0) is 19.2 Å². The van der Waals surface area contributed by atoms with Crippen molar-refractivity contribution in [2.24, 2.45) is 11.5 Å². The first kappa shape index (κ1) is 20.8. The molecule has 0 aromatic heterocycles. The number of nitrogens with one attached hydrogen (secondary N) is 2. The minimum atomic E-state index is -1.58. The van der Waals surface area contributed by atoms with Gasteiger partial charge in [0.05, 0.1) is 18.8 Å². The molecule has 0 aromatic carbocycles. The van der Waals surface area contributed by atoms with Crippen molar-refractivity contribution in [3.63, 3.8) is 0 Å². The number of hydrogen-bond donors (Lipinski definition) is 7. The van der Waals surface area contributed by atoms with E-state index in [0.717, 1.165) is 0 Å². The van der Waals surface area contributed by atoms with Gasteiger partial charge >= 0.3 is 5.97 Å². The van der Waals surface area contributed by atoms with Gasteiger partial charge < -0.3 is 37.4 Å². The second-order valence-electron chi connectivity index (χ2n) is 4.92. The highest BCUT2D eigenvalue weighted by Crippen LogP contribution is 1.99. The number of carboxylic acid groups (broad SMARTS) is 1. The number of aliphatic hydroxyl groups is 2. The monoisotopic (exact) mass is 334 g/mol. The second kappa shape index (κ2) is 9.71. The predicted octanol–water partition coefficient (Wildman–Crippen LogP) is -3.99. The highest BCUT2D eigenvalue weighted by molar-refractivity contribution is 5.92. The Balaban J connectivity index is 4.79. The number of amides is 3. The molecule has 0 aromatic rings. The van der Waals surface area contributed by atoms with E-state index in [-0.39, 0.29) is 12.8 Å². The van der Waals surface area contributed by atoms with Gasteiger partial charge in [-0.05, 0) is 13.3 Å². The zero-order valence-electron chi connectivity index (χ0n) is 12.6. The van der Waals surface area contributed by atoms with Crippen LogP contribution in [0.25, 0.3) is 0 Å². The number of primary amides is 1. The van der Waals surface area contributed by atoms with E-state index in [1.165, 1.54) is 6.92 Å². The lowest BCUT2D eigenvalue weighted by atomic mass is 10.1. The van der Waals surface area contributed by atoms with E-state index in [2.05, 4.69) is 5.32 Å². The van der Waals surface area contributed by atoms with Crippen molar-refractivity contribution < 1.29 is 34.5 Å². The van der Waals surface area contributed by atoms with Gasteiger partial charge in [-0.1, -0.05) is 0 Å². The topological polar surface area (TPSA) is 205 Å². The Morgan fingerprint density at radius 2 is 1.70 bits per heavy atom. The summed E-state index contributed by atoms with van der Waals surface area (Å²) in [6.45, 7) is 0.341. The molecule has 0 bridgehead atoms. The van der Waals surface area contributed by atoms with Crippen LogP contribution in [0.3, 0.4) is 0 Å². The van der Waals surface area contributed by atoms with Gasteiger partial charge in [-0.25, -0.2) is 4.79 Å². The lowest BCUT2D eigenvalue weighted by Crippen LogP contribution is -2.58. The first-order valence-electron chi connectivity index (χ1n) is 6.76. The average molecular weight is 334 g/mol. The van der Waals surface area contributed by atoms with Crippen molar-refractivity contribution in [1.29, 1.82) is 0 Å². The van der Waals surface area contributed by atoms with Gasteiger partial charge in [-0.3, -0.25) is 14.4 Å².